The van der Waals surface area contributed by atoms with Crippen molar-refractivity contribution in [3.05, 3.63) is 35.4 Å². The van der Waals surface area contributed by atoms with Gasteiger partial charge >= 0.3 is 0 Å². The van der Waals surface area contributed by atoms with Gasteiger partial charge in [0, 0.05) is 19.0 Å². The van der Waals surface area contributed by atoms with Crippen molar-refractivity contribution < 1.29 is 9.59 Å². The molecule has 1 saturated heterocycles. The van der Waals surface area contributed by atoms with E-state index in [9.17, 15) is 9.59 Å². The lowest BCUT2D eigenvalue weighted by molar-refractivity contribution is -0.140. The highest BCUT2D eigenvalue weighted by Gasteiger charge is 2.34. The van der Waals surface area contributed by atoms with Crippen LogP contribution >= 0.6 is 0 Å². The minimum absolute atomic E-state index is 0.0252. The van der Waals surface area contributed by atoms with Crippen molar-refractivity contribution in [2.24, 2.45) is 5.92 Å². The predicted molar refractivity (Wildman–Crippen MR) is 89.8 cm³/mol. The molecule has 3 rings (SSSR count). The Labute approximate surface area is 138 Å². The normalized spacial score (nSPS) is 20.8. The first kappa shape index (κ1) is 16.0. The molecule has 0 bridgehead atoms. The van der Waals surface area contributed by atoms with Crippen molar-refractivity contribution >= 4 is 11.8 Å². The summed E-state index contributed by atoms with van der Waals surface area (Å²) in [4.78, 5) is 26.4. The number of rotatable bonds is 5. The summed E-state index contributed by atoms with van der Waals surface area (Å²) in [7, 11) is 0. The molecule has 124 valence electrons. The Morgan fingerprint density at radius 3 is 2.48 bits per heavy atom. The van der Waals surface area contributed by atoms with Gasteiger partial charge in [-0.05, 0) is 42.7 Å². The maximum Gasteiger partial charge on any atom is 0.243 e. The van der Waals surface area contributed by atoms with Crippen LogP contribution in [-0.4, -0.2) is 29.3 Å². The van der Waals surface area contributed by atoms with Crippen molar-refractivity contribution in [3.63, 3.8) is 0 Å². The Bertz CT molecular complexity index is 576. The summed E-state index contributed by atoms with van der Waals surface area (Å²) in [5.74, 6) is 0.755. The first-order valence-corrected chi connectivity index (χ1v) is 8.73. The molecule has 1 unspecified atom stereocenters. The van der Waals surface area contributed by atoms with Gasteiger partial charge in [-0.3, -0.25) is 9.59 Å². The van der Waals surface area contributed by atoms with Gasteiger partial charge in [0.15, 0.2) is 0 Å². The van der Waals surface area contributed by atoms with Gasteiger partial charge in [-0.2, -0.15) is 0 Å². The van der Waals surface area contributed by atoms with E-state index in [0.717, 1.165) is 24.3 Å². The summed E-state index contributed by atoms with van der Waals surface area (Å²) in [5.41, 5.74) is 2.52. The third kappa shape index (κ3) is 3.74. The van der Waals surface area contributed by atoms with Crippen LogP contribution < -0.4 is 5.32 Å². The van der Waals surface area contributed by atoms with Gasteiger partial charge in [-0.15, -0.1) is 0 Å². The summed E-state index contributed by atoms with van der Waals surface area (Å²) in [6, 6.07) is 8.24. The van der Waals surface area contributed by atoms with Crippen LogP contribution in [0.4, 0.5) is 0 Å². The second-order valence-electron chi connectivity index (χ2n) is 7.08. The highest BCUT2D eigenvalue weighted by atomic mass is 16.2. The van der Waals surface area contributed by atoms with E-state index >= 15 is 0 Å². The lowest BCUT2D eigenvalue weighted by atomic mass is 10.1. The summed E-state index contributed by atoms with van der Waals surface area (Å²) in [6.45, 7) is 5.00. The monoisotopic (exact) mass is 314 g/mol. The highest BCUT2D eigenvalue weighted by Crippen LogP contribution is 2.39. The zero-order valence-electron chi connectivity index (χ0n) is 14.0. The first-order valence-electron chi connectivity index (χ1n) is 8.73. The van der Waals surface area contributed by atoms with Gasteiger partial charge in [0.05, 0.1) is 0 Å². The minimum Gasteiger partial charge on any atom is -0.350 e. The van der Waals surface area contributed by atoms with Crippen molar-refractivity contribution in [3.8, 4) is 0 Å². The summed E-state index contributed by atoms with van der Waals surface area (Å²) in [5, 5.41) is 3.00. The molecule has 0 radical (unpaired) electrons. The Morgan fingerprint density at radius 1 is 1.17 bits per heavy atom. The predicted octanol–water partition coefficient (Wildman–Crippen LogP) is 2.83. The summed E-state index contributed by atoms with van der Waals surface area (Å²) >= 11 is 0. The van der Waals surface area contributed by atoms with Gasteiger partial charge < -0.3 is 10.2 Å². The zero-order chi connectivity index (χ0) is 16.4. The molecule has 0 aromatic heterocycles. The van der Waals surface area contributed by atoms with E-state index in [1.807, 2.05) is 13.8 Å². The van der Waals surface area contributed by atoms with Gasteiger partial charge in [-0.1, -0.05) is 38.1 Å². The van der Waals surface area contributed by atoms with Crippen molar-refractivity contribution in [1.29, 1.82) is 0 Å². The maximum atomic E-state index is 12.4. The Balaban J connectivity index is 1.54. The first-order chi connectivity index (χ1) is 11.1. The molecule has 23 heavy (non-hydrogen) atoms. The molecule has 1 aromatic carbocycles. The van der Waals surface area contributed by atoms with E-state index in [4.69, 9.17) is 0 Å². The number of carbonyl (C=O) groups is 2. The lowest BCUT2D eigenvalue weighted by Crippen LogP contribution is -2.47. The Kier molecular flexibility index (Phi) is 4.69. The number of likely N-dealkylation sites (tertiary alicyclic amines) is 1. The van der Waals surface area contributed by atoms with Crippen LogP contribution in [0.2, 0.25) is 0 Å². The molecule has 1 heterocycles. The Hall–Kier alpha value is -1.84. The van der Waals surface area contributed by atoms with Crippen LogP contribution in [-0.2, 0) is 16.1 Å². The quantitative estimate of drug-likeness (QED) is 0.908. The maximum absolute atomic E-state index is 12.4. The molecule has 4 heteroatoms. The molecule has 1 saturated carbocycles. The topological polar surface area (TPSA) is 49.4 Å². The third-order valence-corrected chi connectivity index (χ3v) is 4.83. The molecule has 1 aromatic rings. The molecular weight excluding hydrogens is 288 g/mol. The average molecular weight is 314 g/mol. The standard InChI is InChI=1S/C19H26N2O2/c1-13(2)19(23)21-11-3-4-17(21)18(22)20-12-14-5-7-15(8-6-14)16-9-10-16/h5-8,13,16-17H,3-4,9-12H2,1-2H3,(H,20,22). The largest absolute Gasteiger partial charge is 0.350 e. The lowest BCUT2D eigenvalue weighted by Gasteiger charge is -2.25. The SMILES string of the molecule is CC(C)C(=O)N1CCCC1C(=O)NCc1ccc(C2CC2)cc1. The van der Waals surface area contributed by atoms with Gasteiger partial charge in [0.2, 0.25) is 11.8 Å². The third-order valence-electron chi connectivity index (χ3n) is 4.83. The van der Waals surface area contributed by atoms with Gasteiger partial charge in [0.1, 0.15) is 6.04 Å². The molecule has 2 amide bonds. The van der Waals surface area contributed by atoms with E-state index < -0.39 is 0 Å². The van der Waals surface area contributed by atoms with Crippen LogP contribution in [0.1, 0.15) is 56.6 Å². The summed E-state index contributed by atoms with van der Waals surface area (Å²) < 4.78 is 0. The fourth-order valence-electron chi connectivity index (χ4n) is 3.27. The number of hydrogen-bond donors (Lipinski definition) is 1. The number of benzene rings is 1. The molecule has 1 aliphatic heterocycles. The minimum atomic E-state index is -0.296. The smallest absolute Gasteiger partial charge is 0.243 e. The van der Waals surface area contributed by atoms with Gasteiger partial charge in [0.25, 0.3) is 0 Å². The number of amides is 2. The van der Waals surface area contributed by atoms with Crippen LogP contribution in [0.3, 0.4) is 0 Å². The number of carbonyl (C=O) groups excluding carboxylic acids is 2. The molecule has 2 fully saturated rings. The van der Waals surface area contributed by atoms with Crippen LogP contribution in [0.5, 0.6) is 0 Å². The number of nitrogens with zero attached hydrogens (tertiary/aromatic N) is 1. The molecule has 2 aliphatic rings. The van der Waals surface area contributed by atoms with Crippen LogP contribution in [0.15, 0.2) is 24.3 Å². The van der Waals surface area contributed by atoms with E-state index in [1.165, 1.54) is 18.4 Å². The average Bonchev–Trinajstić information content (AvgIpc) is 3.29. The zero-order valence-corrected chi connectivity index (χ0v) is 14.0. The van der Waals surface area contributed by atoms with Crippen molar-refractivity contribution in [2.75, 3.05) is 6.54 Å². The van der Waals surface area contributed by atoms with Crippen molar-refractivity contribution in [2.45, 2.75) is 58.0 Å². The number of hydrogen-bond acceptors (Lipinski definition) is 2. The van der Waals surface area contributed by atoms with E-state index in [2.05, 4.69) is 29.6 Å². The van der Waals surface area contributed by atoms with E-state index in [-0.39, 0.29) is 23.8 Å². The molecular formula is C19H26N2O2. The van der Waals surface area contributed by atoms with Crippen LogP contribution in [0.25, 0.3) is 0 Å². The molecule has 0 spiro atoms. The molecule has 1 atom stereocenters. The number of nitrogens with one attached hydrogen (secondary N) is 1. The van der Waals surface area contributed by atoms with Crippen molar-refractivity contribution in [1.82, 2.24) is 10.2 Å². The van der Waals surface area contributed by atoms with Crippen LogP contribution in [0, 0.1) is 5.92 Å². The second kappa shape index (κ2) is 6.73. The van der Waals surface area contributed by atoms with E-state index in [1.54, 1.807) is 4.90 Å². The molecule has 4 nitrogen and oxygen atoms in total. The summed E-state index contributed by atoms with van der Waals surface area (Å²) in [6.07, 6.45) is 4.28. The highest BCUT2D eigenvalue weighted by molar-refractivity contribution is 5.88. The van der Waals surface area contributed by atoms with E-state index in [0.29, 0.717) is 13.1 Å². The van der Waals surface area contributed by atoms with Gasteiger partial charge in [-0.25, -0.2) is 0 Å². The Morgan fingerprint density at radius 2 is 1.87 bits per heavy atom. The molecule has 1 aliphatic carbocycles. The fraction of sp³-hybridized carbons (Fsp3) is 0.579. The molecule has 1 N–H and O–H groups in total. The second-order valence-corrected chi connectivity index (χ2v) is 7.08. The fourth-order valence-corrected chi connectivity index (χ4v) is 3.27.